The zero-order valence-corrected chi connectivity index (χ0v) is 12.3. The SMILES string of the molecule is Cc1cc(=O)oc2cc(OC(=O)CC(C)(C=O)CO)ccc12. The topological polar surface area (TPSA) is 93.8 Å². The molecule has 22 heavy (non-hydrogen) atoms. The fourth-order valence-electron chi connectivity index (χ4n) is 2.00. The first-order valence-corrected chi connectivity index (χ1v) is 6.69. The summed E-state index contributed by atoms with van der Waals surface area (Å²) in [6.45, 7) is 2.79. The van der Waals surface area contributed by atoms with Crippen LogP contribution >= 0.6 is 0 Å². The van der Waals surface area contributed by atoms with Crippen molar-refractivity contribution in [1.82, 2.24) is 0 Å². The Balaban J connectivity index is 2.23. The maximum atomic E-state index is 11.8. The molecule has 0 amide bonds. The Kier molecular flexibility index (Phi) is 4.42. The number of carbonyl (C=O) groups excluding carboxylic acids is 2. The molecule has 1 aromatic carbocycles. The number of aryl methyl sites for hydroxylation is 1. The number of hydrogen-bond donors (Lipinski definition) is 1. The quantitative estimate of drug-likeness (QED) is 0.390. The molecular formula is C16H16O6. The maximum absolute atomic E-state index is 11.8. The predicted octanol–water partition coefficient (Wildman–Crippen LogP) is 1.59. The number of ether oxygens (including phenoxy) is 1. The summed E-state index contributed by atoms with van der Waals surface area (Å²) in [7, 11) is 0. The lowest BCUT2D eigenvalue weighted by Gasteiger charge is -2.18. The van der Waals surface area contributed by atoms with E-state index >= 15 is 0 Å². The zero-order valence-electron chi connectivity index (χ0n) is 12.3. The Labute approximate surface area is 126 Å². The highest BCUT2D eigenvalue weighted by atomic mass is 16.5. The van der Waals surface area contributed by atoms with E-state index in [1.54, 1.807) is 19.1 Å². The molecule has 0 bridgehead atoms. The molecule has 0 spiro atoms. The molecule has 1 unspecified atom stereocenters. The molecule has 0 radical (unpaired) electrons. The van der Waals surface area contributed by atoms with Gasteiger partial charge in [0.25, 0.3) is 0 Å². The van der Waals surface area contributed by atoms with Crippen molar-refractivity contribution < 1.29 is 23.8 Å². The molecule has 1 N–H and O–H groups in total. The number of aliphatic hydroxyl groups is 1. The van der Waals surface area contributed by atoms with E-state index in [1.807, 2.05) is 0 Å². The standard InChI is InChI=1S/C16H16O6/c1-10-5-14(19)22-13-6-11(3-4-12(10)13)21-15(20)7-16(2,8-17)9-18/h3-6,8,18H,7,9H2,1-2H3. The highest BCUT2D eigenvalue weighted by molar-refractivity contribution is 5.83. The number of hydrogen-bond acceptors (Lipinski definition) is 6. The number of fused-ring (bicyclic) bond motifs is 1. The van der Waals surface area contributed by atoms with E-state index in [4.69, 9.17) is 14.3 Å². The number of carbonyl (C=O) groups is 2. The molecule has 2 aromatic rings. The van der Waals surface area contributed by atoms with Crippen molar-refractivity contribution in [3.05, 3.63) is 40.2 Å². The Hall–Kier alpha value is -2.47. The van der Waals surface area contributed by atoms with Crippen molar-refractivity contribution >= 4 is 23.2 Å². The number of aldehydes is 1. The third kappa shape index (κ3) is 3.40. The molecule has 1 aromatic heterocycles. The summed E-state index contributed by atoms with van der Waals surface area (Å²) in [6, 6.07) is 6.08. The molecule has 0 saturated carbocycles. The van der Waals surface area contributed by atoms with Gasteiger partial charge in [0.15, 0.2) is 0 Å². The zero-order chi connectivity index (χ0) is 16.3. The summed E-state index contributed by atoms with van der Waals surface area (Å²) in [4.78, 5) is 34.1. The van der Waals surface area contributed by atoms with E-state index in [1.165, 1.54) is 19.1 Å². The molecule has 0 fully saturated rings. The van der Waals surface area contributed by atoms with Crippen molar-refractivity contribution in [2.75, 3.05) is 6.61 Å². The molecule has 0 saturated heterocycles. The van der Waals surface area contributed by atoms with Gasteiger partial charge in [0, 0.05) is 17.5 Å². The number of rotatable bonds is 5. The van der Waals surface area contributed by atoms with Gasteiger partial charge in [-0.15, -0.1) is 0 Å². The normalized spacial score (nSPS) is 13.6. The number of esters is 1. The molecule has 1 heterocycles. The minimum atomic E-state index is -1.17. The van der Waals surface area contributed by atoms with Crippen molar-refractivity contribution in [2.45, 2.75) is 20.3 Å². The second-order valence-corrected chi connectivity index (χ2v) is 5.49. The third-order valence-corrected chi connectivity index (χ3v) is 3.35. The Morgan fingerprint density at radius 3 is 2.77 bits per heavy atom. The summed E-state index contributed by atoms with van der Waals surface area (Å²) >= 11 is 0. The van der Waals surface area contributed by atoms with Gasteiger partial charge in [-0.1, -0.05) is 6.92 Å². The lowest BCUT2D eigenvalue weighted by molar-refractivity contribution is -0.140. The van der Waals surface area contributed by atoms with Crippen LogP contribution in [-0.2, 0) is 9.59 Å². The van der Waals surface area contributed by atoms with Crippen LogP contribution in [0.25, 0.3) is 11.0 Å². The van der Waals surface area contributed by atoms with E-state index in [2.05, 4.69) is 0 Å². The van der Waals surface area contributed by atoms with Gasteiger partial charge in [-0.2, -0.15) is 0 Å². The molecule has 0 aliphatic carbocycles. The monoisotopic (exact) mass is 304 g/mol. The minimum Gasteiger partial charge on any atom is -0.426 e. The van der Waals surface area contributed by atoms with Gasteiger partial charge in [0.2, 0.25) is 0 Å². The third-order valence-electron chi connectivity index (χ3n) is 3.35. The van der Waals surface area contributed by atoms with E-state index in [9.17, 15) is 14.4 Å². The van der Waals surface area contributed by atoms with E-state index in [-0.39, 0.29) is 12.2 Å². The number of aliphatic hydroxyl groups excluding tert-OH is 1. The molecular weight excluding hydrogens is 288 g/mol. The smallest absolute Gasteiger partial charge is 0.336 e. The summed E-state index contributed by atoms with van der Waals surface area (Å²) in [6.07, 6.45) is 0.278. The van der Waals surface area contributed by atoms with Gasteiger partial charge in [-0.25, -0.2) is 4.79 Å². The second kappa shape index (κ2) is 6.11. The van der Waals surface area contributed by atoms with E-state index in [0.29, 0.717) is 11.9 Å². The summed E-state index contributed by atoms with van der Waals surface area (Å²) in [5.41, 5.74) is -0.576. The molecule has 6 heteroatoms. The highest BCUT2D eigenvalue weighted by Crippen LogP contribution is 2.24. The Morgan fingerprint density at radius 2 is 2.14 bits per heavy atom. The predicted molar refractivity (Wildman–Crippen MR) is 78.7 cm³/mol. The number of benzene rings is 1. The van der Waals surface area contributed by atoms with Crippen LogP contribution in [0.4, 0.5) is 0 Å². The van der Waals surface area contributed by atoms with Crippen molar-refractivity contribution in [2.24, 2.45) is 5.41 Å². The maximum Gasteiger partial charge on any atom is 0.336 e. The average Bonchev–Trinajstić information content (AvgIpc) is 2.46. The van der Waals surface area contributed by atoms with Crippen LogP contribution in [-0.4, -0.2) is 24.0 Å². The van der Waals surface area contributed by atoms with E-state index < -0.39 is 23.6 Å². The van der Waals surface area contributed by atoms with Gasteiger partial charge in [0.1, 0.15) is 17.6 Å². The molecule has 6 nitrogen and oxygen atoms in total. The molecule has 0 aliphatic heterocycles. The van der Waals surface area contributed by atoms with Crippen LogP contribution in [0.2, 0.25) is 0 Å². The van der Waals surface area contributed by atoms with Crippen molar-refractivity contribution in [1.29, 1.82) is 0 Å². The van der Waals surface area contributed by atoms with Gasteiger partial charge < -0.3 is 19.1 Å². The fraction of sp³-hybridized carbons (Fsp3) is 0.312. The van der Waals surface area contributed by atoms with Crippen molar-refractivity contribution in [3.63, 3.8) is 0 Å². The van der Waals surface area contributed by atoms with Gasteiger partial charge >= 0.3 is 11.6 Å². The van der Waals surface area contributed by atoms with Crippen LogP contribution in [0, 0.1) is 12.3 Å². The Morgan fingerprint density at radius 1 is 1.41 bits per heavy atom. The van der Waals surface area contributed by atoms with E-state index in [0.717, 1.165) is 10.9 Å². The van der Waals surface area contributed by atoms with Crippen LogP contribution in [0.5, 0.6) is 5.75 Å². The van der Waals surface area contributed by atoms with Crippen molar-refractivity contribution in [3.8, 4) is 5.75 Å². The molecule has 0 aliphatic rings. The van der Waals surface area contributed by atoms with Crippen LogP contribution in [0.15, 0.2) is 33.5 Å². The first-order chi connectivity index (χ1) is 10.4. The molecule has 1 atom stereocenters. The summed E-state index contributed by atoms with van der Waals surface area (Å²) in [5, 5.41) is 9.86. The van der Waals surface area contributed by atoms with Crippen LogP contribution in [0.1, 0.15) is 18.9 Å². The minimum absolute atomic E-state index is 0.206. The van der Waals surface area contributed by atoms with Gasteiger partial charge in [-0.3, -0.25) is 4.79 Å². The second-order valence-electron chi connectivity index (χ2n) is 5.49. The first kappa shape index (κ1) is 15.9. The summed E-state index contributed by atoms with van der Waals surface area (Å²) < 4.78 is 10.2. The van der Waals surface area contributed by atoms with Gasteiger partial charge in [0.05, 0.1) is 18.4 Å². The fourth-order valence-corrected chi connectivity index (χ4v) is 2.00. The molecule has 116 valence electrons. The van der Waals surface area contributed by atoms with Crippen LogP contribution in [0.3, 0.4) is 0 Å². The highest BCUT2D eigenvalue weighted by Gasteiger charge is 2.27. The molecule has 2 rings (SSSR count). The average molecular weight is 304 g/mol. The van der Waals surface area contributed by atoms with Crippen LogP contribution < -0.4 is 10.4 Å². The lowest BCUT2D eigenvalue weighted by atomic mass is 9.90. The largest absolute Gasteiger partial charge is 0.426 e. The lowest BCUT2D eigenvalue weighted by Crippen LogP contribution is -2.28. The van der Waals surface area contributed by atoms with Gasteiger partial charge in [-0.05, 0) is 24.6 Å². The Bertz CT molecular complexity index is 776. The summed E-state index contributed by atoms with van der Waals surface area (Å²) in [5.74, 6) is -0.449. The first-order valence-electron chi connectivity index (χ1n) is 6.69.